The predicted octanol–water partition coefficient (Wildman–Crippen LogP) is 5.09. The number of unbranched alkanes of at least 4 members (excludes halogenated alkanes) is 1. The molecule has 3 unspecified atom stereocenters. The zero-order chi connectivity index (χ0) is 19.2. The third kappa shape index (κ3) is 2.90. The first-order valence-corrected chi connectivity index (χ1v) is 10.2. The molecule has 3 atom stereocenters. The fraction of sp³-hybridized carbons (Fsp3) is 0.636. The summed E-state index contributed by atoms with van der Waals surface area (Å²) < 4.78 is 35.8. The Hall–Kier alpha value is -1.46. The Morgan fingerprint density at radius 1 is 1.30 bits per heavy atom. The van der Waals surface area contributed by atoms with Crippen LogP contribution in [0.15, 0.2) is 18.2 Å². The lowest BCUT2D eigenvalue weighted by atomic mass is 9.67. The van der Waals surface area contributed by atoms with Gasteiger partial charge in [0.15, 0.2) is 0 Å². The van der Waals surface area contributed by atoms with Gasteiger partial charge in [0.1, 0.15) is 17.6 Å². The Morgan fingerprint density at radius 2 is 2.11 bits per heavy atom. The number of fused-ring (bicyclic) bond motifs is 4. The van der Waals surface area contributed by atoms with E-state index < -0.39 is 17.3 Å². The van der Waals surface area contributed by atoms with Crippen molar-refractivity contribution in [2.24, 2.45) is 0 Å². The van der Waals surface area contributed by atoms with Crippen LogP contribution in [0.25, 0.3) is 10.9 Å². The SMILES string of the molecule is CCCCC1(N(C)C)CCC2(CC1F)OCCc1c2[nH]c2ccc(F)cc12. The quantitative estimate of drug-likeness (QED) is 0.805. The number of ether oxygens (including phenoxy) is 1. The van der Waals surface area contributed by atoms with E-state index in [4.69, 9.17) is 4.74 Å². The molecule has 27 heavy (non-hydrogen) atoms. The van der Waals surface area contributed by atoms with Crippen molar-refractivity contribution in [2.75, 3.05) is 20.7 Å². The summed E-state index contributed by atoms with van der Waals surface area (Å²) in [7, 11) is 4.00. The molecule has 1 aromatic heterocycles. The molecule has 0 amide bonds. The van der Waals surface area contributed by atoms with Crippen molar-refractivity contribution in [1.29, 1.82) is 0 Å². The zero-order valence-electron chi connectivity index (χ0n) is 16.6. The molecule has 0 radical (unpaired) electrons. The number of halogens is 2. The summed E-state index contributed by atoms with van der Waals surface area (Å²) in [5.41, 5.74) is 1.96. The van der Waals surface area contributed by atoms with Gasteiger partial charge in [-0.2, -0.15) is 0 Å². The Morgan fingerprint density at radius 3 is 2.81 bits per heavy atom. The van der Waals surface area contributed by atoms with Gasteiger partial charge in [-0.1, -0.05) is 19.8 Å². The fourth-order valence-corrected chi connectivity index (χ4v) is 5.30. The lowest BCUT2D eigenvalue weighted by Crippen LogP contribution is -2.59. The van der Waals surface area contributed by atoms with Crippen LogP contribution in [0.4, 0.5) is 8.78 Å². The number of aromatic nitrogens is 1. The molecule has 2 aromatic rings. The van der Waals surface area contributed by atoms with Gasteiger partial charge >= 0.3 is 0 Å². The lowest BCUT2D eigenvalue weighted by Gasteiger charge is -2.52. The number of H-pyrrole nitrogens is 1. The molecule has 1 saturated carbocycles. The minimum atomic E-state index is -0.957. The largest absolute Gasteiger partial charge is 0.368 e. The third-order valence-electron chi connectivity index (χ3n) is 6.96. The molecule has 1 aliphatic heterocycles. The first-order valence-electron chi connectivity index (χ1n) is 10.2. The highest BCUT2D eigenvalue weighted by atomic mass is 19.1. The molecule has 0 bridgehead atoms. The Bertz CT molecular complexity index is 833. The molecular formula is C22H30F2N2O. The molecule has 148 valence electrons. The molecule has 3 nitrogen and oxygen atoms in total. The van der Waals surface area contributed by atoms with Gasteiger partial charge in [0, 0.05) is 17.3 Å². The highest BCUT2D eigenvalue weighted by Gasteiger charge is 2.54. The van der Waals surface area contributed by atoms with E-state index in [1.54, 1.807) is 12.1 Å². The van der Waals surface area contributed by atoms with Crippen LogP contribution in [0.3, 0.4) is 0 Å². The van der Waals surface area contributed by atoms with E-state index in [0.29, 0.717) is 13.0 Å². The fourth-order valence-electron chi connectivity index (χ4n) is 5.30. The topological polar surface area (TPSA) is 28.3 Å². The van der Waals surface area contributed by atoms with E-state index in [1.165, 1.54) is 6.07 Å². The molecule has 2 heterocycles. The van der Waals surface area contributed by atoms with Crippen LogP contribution < -0.4 is 0 Å². The average molecular weight is 376 g/mol. The summed E-state index contributed by atoms with van der Waals surface area (Å²) in [4.78, 5) is 5.54. The van der Waals surface area contributed by atoms with E-state index >= 15 is 4.39 Å². The first kappa shape index (κ1) is 18.9. The summed E-state index contributed by atoms with van der Waals surface area (Å²) in [6.45, 7) is 2.72. The van der Waals surface area contributed by atoms with Crippen molar-refractivity contribution in [3.8, 4) is 0 Å². The number of hydrogen-bond donors (Lipinski definition) is 1. The summed E-state index contributed by atoms with van der Waals surface area (Å²) in [6.07, 6.45) is 4.68. The van der Waals surface area contributed by atoms with Gasteiger partial charge in [0.2, 0.25) is 0 Å². The molecule has 0 saturated heterocycles. The van der Waals surface area contributed by atoms with Crippen LogP contribution in [0, 0.1) is 5.82 Å². The Balaban J connectivity index is 1.72. The lowest BCUT2D eigenvalue weighted by molar-refractivity contribution is -0.141. The molecule has 4 rings (SSSR count). The maximum Gasteiger partial charge on any atom is 0.123 e. The van der Waals surface area contributed by atoms with Crippen molar-refractivity contribution in [1.82, 2.24) is 9.88 Å². The number of nitrogens with zero attached hydrogens (tertiary/aromatic N) is 1. The molecule has 2 aliphatic rings. The Kier molecular flexibility index (Phi) is 4.79. The van der Waals surface area contributed by atoms with E-state index in [1.807, 2.05) is 14.1 Å². The van der Waals surface area contributed by atoms with Gasteiger partial charge in [0.05, 0.1) is 17.8 Å². The van der Waals surface area contributed by atoms with E-state index in [9.17, 15) is 4.39 Å². The van der Waals surface area contributed by atoms with Crippen molar-refractivity contribution in [2.45, 2.75) is 69.2 Å². The van der Waals surface area contributed by atoms with Crippen LogP contribution in [-0.4, -0.2) is 42.3 Å². The minimum Gasteiger partial charge on any atom is -0.368 e. The monoisotopic (exact) mass is 376 g/mol. The molecule has 1 aliphatic carbocycles. The maximum atomic E-state index is 15.7. The summed E-state index contributed by atoms with van der Waals surface area (Å²) in [5, 5.41) is 0.915. The summed E-state index contributed by atoms with van der Waals surface area (Å²) >= 11 is 0. The van der Waals surface area contributed by atoms with Gasteiger partial charge in [-0.05, 0) is 63.5 Å². The molecule has 1 aromatic carbocycles. The average Bonchev–Trinajstić information content (AvgIpc) is 3.01. The van der Waals surface area contributed by atoms with Crippen molar-refractivity contribution in [3.63, 3.8) is 0 Å². The van der Waals surface area contributed by atoms with Crippen LogP contribution in [0.1, 0.15) is 56.7 Å². The van der Waals surface area contributed by atoms with Gasteiger partial charge < -0.3 is 14.6 Å². The van der Waals surface area contributed by atoms with Gasteiger partial charge in [-0.3, -0.25) is 0 Å². The number of hydrogen-bond acceptors (Lipinski definition) is 2. The summed E-state index contributed by atoms with van der Waals surface area (Å²) in [6, 6.07) is 4.83. The number of benzene rings is 1. The molecule has 1 fully saturated rings. The second-order valence-corrected chi connectivity index (χ2v) is 8.53. The van der Waals surface area contributed by atoms with Crippen LogP contribution in [0.5, 0.6) is 0 Å². The number of aromatic amines is 1. The highest BCUT2D eigenvalue weighted by molar-refractivity contribution is 5.85. The number of rotatable bonds is 4. The summed E-state index contributed by atoms with van der Waals surface area (Å²) in [5.74, 6) is -0.233. The van der Waals surface area contributed by atoms with Gasteiger partial charge in [0.25, 0.3) is 0 Å². The number of nitrogens with one attached hydrogen (secondary N) is 1. The van der Waals surface area contributed by atoms with E-state index in [0.717, 1.165) is 60.7 Å². The van der Waals surface area contributed by atoms with E-state index in [-0.39, 0.29) is 5.82 Å². The first-order chi connectivity index (χ1) is 12.9. The second-order valence-electron chi connectivity index (χ2n) is 8.53. The maximum absolute atomic E-state index is 15.7. The van der Waals surface area contributed by atoms with Crippen LogP contribution >= 0.6 is 0 Å². The van der Waals surface area contributed by atoms with Crippen molar-refractivity contribution < 1.29 is 13.5 Å². The third-order valence-corrected chi connectivity index (χ3v) is 6.96. The number of alkyl halides is 1. The van der Waals surface area contributed by atoms with E-state index in [2.05, 4.69) is 16.8 Å². The molecule has 1 N–H and O–H groups in total. The van der Waals surface area contributed by atoms with Crippen molar-refractivity contribution >= 4 is 10.9 Å². The van der Waals surface area contributed by atoms with Crippen LogP contribution in [-0.2, 0) is 16.8 Å². The van der Waals surface area contributed by atoms with Crippen LogP contribution in [0.2, 0.25) is 0 Å². The standard InChI is InChI=1S/C22H30F2N2O/c1-4-5-9-21(26(2)3)10-11-22(14-19(21)24)20-16(8-12-27-22)17-13-15(23)6-7-18(17)25-20/h6-7,13,19,25H,4-5,8-12,14H2,1-3H3. The minimum absolute atomic E-state index is 0.233. The highest BCUT2D eigenvalue weighted by Crippen LogP contribution is 2.51. The molecular weight excluding hydrogens is 346 g/mol. The normalized spacial score (nSPS) is 31.0. The zero-order valence-corrected chi connectivity index (χ0v) is 16.6. The Labute approximate surface area is 160 Å². The molecule has 5 heteroatoms. The smallest absolute Gasteiger partial charge is 0.123 e. The molecule has 1 spiro atoms. The van der Waals surface area contributed by atoms with Crippen molar-refractivity contribution in [3.05, 3.63) is 35.3 Å². The predicted molar refractivity (Wildman–Crippen MR) is 104 cm³/mol. The van der Waals surface area contributed by atoms with Gasteiger partial charge in [-0.25, -0.2) is 8.78 Å². The van der Waals surface area contributed by atoms with Gasteiger partial charge in [-0.15, -0.1) is 0 Å². The second kappa shape index (κ2) is 6.85.